The largest absolute Gasteiger partial charge is 0.390 e. The molecule has 0 aromatic heterocycles. The summed E-state index contributed by atoms with van der Waals surface area (Å²) in [6.07, 6.45) is 7.00. The Labute approximate surface area is 85.5 Å². The molecule has 0 aromatic rings. The first-order valence-electron chi connectivity index (χ1n) is 5.23. The summed E-state index contributed by atoms with van der Waals surface area (Å²) in [5.74, 6) is 0.982. The molecular formula is C10H20ClNO. The fraction of sp³-hybridized carbons (Fsp3) is 1.00. The van der Waals surface area contributed by atoms with Gasteiger partial charge in [-0.15, -0.1) is 11.6 Å². The predicted molar refractivity (Wildman–Crippen MR) is 55.9 cm³/mol. The van der Waals surface area contributed by atoms with Gasteiger partial charge in [0, 0.05) is 11.9 Å². The molecule has 0 aliphatic heterocycles. The minimum atomic E-state index is -0.524. The zero-order valence-corrected chi connectivity index (χ0v) is 8.84. The molecule has 13 heavy (non-hydrogen) atoms. The molecule has 0 heterocycles. The number of alkyl halides is 1. The third kappa shape index (κ3) is 3.84. The first-order chi connectivity index (χ1) is 6.24. The first-order valence-corrected chi connectivity index (χ1v) is 5.77. The second-order valence-electron chi connectivity index (χ2n) is 4.13. The van der Waals surface area contributed by atoms with Gasteiger partial charge in [0.05, 0.1) is 6.10 Å². The lowest BCUT2D eigenvalue weighted by atomic mass is 9.84. The van der Waals surface area contributed by atoms with Gasteiger partial charge in [0.2, 0.25) is 0 Å². The number of hydrogen-bond acceptors (Lipinski definition) is 2. The van der Waals surface area contributed by atoms with E-state index in [1.54, 1.807) is 0 Å². The number of hydrogen-bond donors (Lipinski definition) is 2. The molecule has 1 aliphatic carbocycles. The van der Waals surface area contributed by atoms with Crippen molar-refractivity contribution >= 4 is 11.6 Å². The zero-order valence-electron chi connectivity index (χ0n) is 8.08. The molecule has 1 aliphatic rings. The summed E-state index contributed by atoms with van der Waals surface area (Å²) in [6, 6.07) is -0.124. The van der Waals surface area contributed by atoms with Gasteiger partial charge in [-0.3, -0.25) is 0 Å². The van der Waals surface area contributed by atoms with Crippen LogP contribution in [0.5, 0.6) is 0 Å². The first kappa shape index (κ1) is 11.3. The molecule has 3 heteroatoms. The van der Waals surface area contributed by atoms with Crippen LogP contribution in [0.2, 0.25) is 0 Å². The summed E-state index contributed by atoms with van der Waals surface area (Å²) >= 11 is 5.53. The summed E-state index contributed by atoms with van der Waals surface area (Å²) < 4.78 is 0. The van der Waals surface area contributed by atoms with Gasteiger partial charge in [-0.1, -0.05) is 32.1 Å². The summed E-state index contributed by atoms with van der Waals surface area (Å²) in [4.78, 5) is 0. The Morgan fingerprint density at radius 1 is 1.31 bits per heavy atom. The molecule has 2 atom stereocenters. The third-order valence-electron chi connectivity index (χ3n) is 2.98. The number of aliphatic hydroxyl groups excluding tert-OH is 1. The van der Waals surface area contributed by atoms with Gasteiger partial charge < -0.3 is 10.8 Å². The second kappa shape index (κ2) is 5.84. The van der Waals surface area contributed by atoms with Gasteiger partial charge in [0.25, 0.3) is 0 Å². The monoisotopic (exact) mass is 205 g/mol. The van der Waals surface area contributed by atoms with Crippen molar-refractivity contribution in [3.63, 3.8) is 0 Å². The van der Waals surface area contributed by atoms with Gasteiger partial charge in [0.1, 0.15) is 0 Å². The molecular weight excluding hydrogens is 186 g/mol. The van der Waals surface area contributed by atoms with Crippen molar-refractivity contribution in [2.24, 2.45) is 11.7 Å². The maximum atomic E-state index is 9.40. The SMILES string of the molecule is N[C@@H](CC1CCCCC1)C(O)CCl. The lowest BCUT2D eigenvalue weighted by molar-refractivity contribution is 0.146. The van der Waals surface area contributed by atoms with Gasteiger partial charge in [0.15, 0.2) is 0 Å². The smallest absolute Gasteiger partial charge is 0.0826 e. The van der Waals surface area contributed by atoms with Crippen molar-refractivity contribution < 1.29 is 5.11 Å². The molecule has 1 rings (SSSR count). The highest BCUT2D eigenvalue weighted by molar-refractivity contribution is 6.18. The van der Waals surface area contributed by atoms with Crippen LogP contribution in [0.4, 0.5) is 0 Å². The minimum absolute atomic E-state index is 0.124. The Bertz CT molecular complexity index is 137. The lowest BCUT2D eigenvalue weighted by Gasteiger charge is -2.26. The molecule has 0 bridgehead atoms. The Kier molecular flexibility index (Phi) is 5.07. The van der Waals surface area contributed by atoms with Crippen LogP contribution in [0.3, 0.4) is 0 Å². The molecule has 1 fully saturated rings. The van der Waals surface area contributed by atoms with Gasteiger partial charge >= 0.3 is 0 Å². The number of halogens is 1. The molecule has 2 nitrogen and oxygen atoms in total. The molecule has 1 saturated carbocycles. The highest BCUT2D eigenvalue weighted by atomic mass is 35.5. The van der Waals surface area contributed by atoms with Crippen molar-refractivity contribution in [2.45, 2.75) is 50.7 Å². The Hall–Kier alpha value is 0.210. The van der Waals surface area contributed by atoms with Gasteiger partial charge in [-0.05, 0) is 12.3 Å². The molecule has 0 radical (unpaired) electrons. The zero-order chi connectivity index (χ0) is 9.68. The maximum Gasteiger partial charge on any atom is 0.0826 e. The average molecular weight is 206 g/mol. The fourth-order valence-electron chi connectivity index (χ4n) is 2.08. The highest BCUT2D eigenvalue weighted by Gasteiger charge is 2.20. The van der Waals surface area contributed by atoms with E-state index in [9.17, 15) is 5.11 Å². The van der Waals surface area contributed by atoms with Gasteiger partial charge in [-0.25, -0.2) is 0 Å². The summed E-state index contributed by atoms with van der Waals surface area (Å²) in [5, 5.41) is 9.40. The van der Waals surface area contributed by atoms with E-state index in [0.29, 0.717) is 0 Å². The van der Waals surface area contributed by atoms with E-state index in [0.717, 1.165) is 12.3 Å². The normalized spacial score (nSPS) is 24.2. The predicted octanol–water partition coefficient (Wildman–Crippen LogP) is 1.88. The standard InChI is InChI=1S/C10H20ClNO/c11-7-10(13)9(12)6-8-4-2-1-3-5-8/h8-10,13H,1-7,12H2/t9-,10?/m0/s1. The van der Waals surface area contributed by atoms with E-state index >= 15 is 0 Å². The Morgan fingerprint density at radius 2 is 1.92 bits per heavy atom. The lowest BCUT2D eigenvalue weighted by Crippen LogP contribution is -2.37. The average Bonchev–Trinajstić information content (AvgIpc) is 2.18. The molecule has 0 amide bonds. The van der Waals surface area contributed by atoms with E-state index in [1.807, 2.05) is 0 Å². The number of aliphatic hydroxyl groups is 1. The molecule has 1 unspecified atom stereocenters. The molecule has 0 saturated heterocycles. The molecule has 0 spiro atoms. The van der Waals surface area contributed by atoms with E-state index < -0.39 is 6.10 Å². The summed E-state index contributed by atoms with van der Waals surface area (Å²) in [5.41, 5.74) is 5.82. The van der Waals surface area contributed by atoms with Crippen LogP contribution < -0.4 is 5.73 Å². The molecule has 3 N–H and O–H groups in total. The van der Waals surface area contributed by atoms with E-state index in [1.165, 1.54) is 32.1 Å². The number of nitrogens with two attached hydrogens (primary N) is 1. The van der Waals surface area contributed by atoms with E-state index in [2.05, 4.69) is 0 Å². The van der Waals surface area contributed by atoms with Crippen LogP contribution in [0.25, 0.3) is 0 Å². The third-order valence-corrected chi connectivity index (χ3v) is 3.30. The van der Waals surface area contributed by atoms with Crippen molar-refractivity contribution in [3.8, 4) is 0 Å². The van der Waals surface area contributed by atoms with Crippen molar-refractivity contribution in [1.82, 2.24) is 0 Å². The maximum absolute atomic E-state index is 9.40. The Balaban J connectivity index is 2.21. The van der Waals surface area contributed by atoms with Crippen LogP contribution in [-0.4, -0.2) is 23.1 Å². The summed E-state index contributed by atoms with van der Waals surface area (Å²) in [6.45, 7) is 0. The highest BCUT2D eigenvalue weighted by Crippen LogP contribution is 2.27. The van der Waals surface area contributed by atoms with Crippen LogP contribution >= 0.6 is 11.6 Å². The van der Waals surface area contributed by atoms with Crippen LogP contribution in [-0.2, 0) is 0 Å². The van der Waals surface area contributed by atoms with E-state index in [-0.39, 0.29) is 11.9 Å². The van der Waals surface area contributed by atoms with Crippen LogP contribution in [0.1, 0.15) is 38.5 Å². The fourth-order valence-corrected chi connectivity index (χ4v) is 2.31. The van der Waals surface area contributed by atoms with Crippen molar-refractivity contribution in [2.75, 3.05) is 5.88 Å². The van der Waals surface area contributed by atoms with Gasteiger partial charge in [-0.2, -0.15) is 0 Å². The van der Waals surface area contributed by atoms with Crippen molar-refractivity contribution in [3.05, 3.63) is 0 Å². The second-order valence-corrected chi connectivity index (χ2v) is 4.43. The Morgan fingerprint density at radius 3 is 2.46 bits per heavy atom. The van der Waals surface area contributed by atoms with Crippen LogP contribution in [0.15, 0.2) is 0 Å². The molecule has 0 aromatic carbocycles. The minimum Gasteiger partial charge on any atom is -0.390 e. The summed E-state index contributed by atoms with van der Waals surface area (Å²) in [7, 11) is 0. The van der Waals surface area contributed by atoms with Crippen molar-refractivity contribution in [1.29, 1.82) is 0 Å². The quantitative estimate of drug-likeness (QED) is 0.689. The topological polar surface area (TPSA) is 46.2 Å². The van der Waals surface area contributed by atoms with Crippen LogP contribution in [0, 0.1) is 5.92 Å². The molecule has 78 valence electrons. The number of rotatable bonds is 4. The van der Waals surface area contributed by atoms with E-state index in [4.69, 9.17) is 17.3 Å².